The van der Waals surface area contributed by atoms with E-state index in [1.54, 1.807) is 17.2 Å². The lowest BCUT2D eigenvalue weighted by atomic mass is 9.95. The number of carbonyl (C=O) groups is 1. The molecule has 0 saturated heterocycles. The Balaban J connectivity index is 3.23. The van der Waals surface area contributed by atoms with Crippen LogP contribution in [-0.2, 0) is 0 Å². The van der Waals surface area contributed by atoms with E-state index < -0.39 is 0 Å². The first-order chi connectivity index (χ1) is 7.84. The Hall–Kier alpha value is -1.77. The average Bonchev–Trinajstić information content (AvgIpc) is 2.23. The van der Waals surface area contributed by atoms with Crippen molar-refractivity contribution in [2.24, 2.45) is 0 Å². The minimum absolute atomic E-state index is 0.0546. The van der Waals surface area contributed by atoms with Gasteiger partial charge in [-0.15, -0.1) is 0 Å². The highest BCUT2D eigenvalue weighted by molar-refractivity contribution is 6.07. The predicted octanol–water partition coefficient (Wildman–Crippen LogP) is 2.58. The van der Waals surface area contributed by atoms with Gasteiger partial charge in [-0.2, -0.15) is 0 Å². The fraction of sp³-hybridized carbons (Fsp3) is 0.357. The van der Waals surface area contributed by atoms with Crippen LogP contribution >= 0.6 is 0 Å². The van der Waals surface area contributed by atoms with Gasteiger partial charge in [0.05, 0.1) is 5.56 Å². The van der Waals surface area contributed by atoms with Crippen LogP contribution in [0.15, 0.2) is 18.3 Å². The molecule has 0 fully saturated rings. The van der Waals surface area contributed by atoms with Crippen LogP contribution in [0.5, 0.6) is 5.75 Å². The summed E-state index contributed by atoms with van der Waals surface area (Å²) in [5.74, 6) is -0.115. The van der Waals surface area contributed by atoms with E-state index >= 15 is 0 Å². The van der Waals surface area contributed by atoms with Crippen molar-refractivity contribution in [2.75, 3.05) is 14.1 Å². The van der Waals surface area contributed by atoms with E-state index in [-0.39, 0.29) is 11.5 Å². The van der Waals surface area contributed by atoms with Crippen LogP contribution in [0.1, 0.15) is 27.0 Å². The molecule has 1 N–H and O–H groups in total. The molecule has 0 spiro atoms. The van der Waals surface area contributed by atoms with Crippen LogP contribution < -0.4 is 0 Å². The molecule has 0 unspecified atom stereocenters. The molecule has 1 rings (SSSR count). The van der Waals surface area contributed by atoms with Crippen LogP contribution in [0.4, 0.5) is 0 Å². The number of carbonyl (C=O) groups excluding carboxylic acids is 1. The van der Waals surface area contributed by atoms with Crippen molar-refractivity contribution in [3.05, 3.63) is 40.6 Å². The molecule has 1 aromatic carbocycles. The lowest BCUT2D eigenvalue weighted by molar-refractivity contribution is 0.104. The minimum Gasteiger partial charge on any atom is -0.507 e. The molecule has 92 valence electrons. The molecule has 0 aliphatic carbocycles. The highest BCUT2D eigenvalue weighted by atomic mass is 16.3. The van der Waals surface area contributed by atoms with Crippen molar-refractivity contribution in [1.29, 1.82) is 0 Å². The molecule has 0 heterocycles. The number of hydrogen-bond donors (Lipinski definition) is 1. The molecule has 0 aliphatic heterocycles. The zero-order chi connectivity index (χ0) is 13.2. The van der Waals surface area contributed by atoms with Gasteiger partial charge in [0, 0.05) is 26.4 Å². The molecule has 0 aliphatic rings. The molecular formula is C14H19NO2. The van der Waals surface area contributed by atoms with Gasteiger partial charge in [-0.05, 0) is 43.5 Å². The standard InChI is InChI=1S/C14H19NO2/c1-9-8-13(17)14(11(3)10(9)2)12(16)6-7-15(4)5/h6-8,17H,1-5H3/b7-6+. The summed E-state index contributed by atoms with van der Waals surface area (Å²) in [7, 11) is 3.69. The van der Waals surface area contributed by atoms with E-state index in [1.165, 1.54) is 6.08 Å². The largest absolute Gasteiger partial charge is 0.507 e. The van der Waals surface area contributed by atoms with Crippen molar-refractivity contribution in [3.8, 4) is 5.75 Å². The maximum absolute atomic E-state index is 12.0. The quantitative estimate of drug-likeness (QED) is 0.644. The third-order valence-corrected chi connectivity index (χ3v) is 2.91. The molecule has 3 heteroatoms. The van der Waals surface area contributed by atoms with Crippen molar-refractivity contribution in [1.82, 2.24) is 4.90 Å². The number of ketones is 1. The molecule has 1 aromatic rings. The van der Waals surface area contributed by atoms with E-state index in [0.29, 0.717) is 5.56 Å². The summed E-state index contributed by atoms with van der Waals surface area (Å²) in [6.45, 7) is 5.74. The van der Waals surface area contributed by atoms with Gasteiger partial charge in [0.25, 0.3) is 0 Å². The monoisotopic (exact) mass is 233 g/mol. The molecule has 0 amide bonds. The number of nitrogens with zero attached hydrogens (tertiary/aromatic N) is 1. The van der Waals surface area contributed by atoms with Crippen molar-refractivity contribution in [2.45, 2.75) is 20.8 Å². The minimum atomic E-state index is -0.170. The third kappa shape index (κ3) is 2.87. The van der Waals surface area contributed by atoms with Gasteiger partial charge >= 0.3 is 0 Å². The number of rotatable bonds is 3. The zero-order valence-electron chi connectivity index (χ0n) is 11.0. The molecule has 0 bridgehead atoms. The molecule has 0 radical (unpaired) electrons. The summed E-state index contributed by atoms with van der Waals surface area (Å²) in [5, 5.41) is 9.86. The summed E-state index contributed by atoms with van der Waals surface area (Å²) in [5.41, 5.74) is 3.28. The van der Waals surface area contributed by atoms with Gasteiger partial charge in [0.2, 0.25) is 0 Å². The number of benzene rings is 1. The fourth-order valence-electron chi connectivity index (χ4n) is 1.67. The van der Waals surface area contributed by atoms with Crippen LogP contribution in [0.25, 0.3) is 0 Å². The normalized spacial score (nSPS) is 10.9. The lowest BCUT2D eigenvalue weighted by Crippen LogP contribution is -2.05. The van der Waals surface area contributed by atoms with E-state index in [1.807, 2.05) is 34.9 Å². The SMILES string of the molecule is Cc1cc(O)c(C(=O)/C=C/N(C)C)c(C)c1C. The number of hydrogen-bond acceptors (Lipinski definition) is 3. The molecule has 0 aromatic heterocycles. The summed E-state index contributed by atoms with van der Waals surface area (Å²) >= 11 is 0. The smallest absolute Gasteiger partial charge is 0.191 e. The Morgan fingerprint density at radius 3 is 2.35 bits per heavy atom. The maximum atomic E-state index is 12.0. The summed E-state index contributed by atoms with van der Waals surface area (Å²) in [4.78, 5) is 13.8. The molecule has 3 nitrogen and oxygen atoms in total. The van der Waals surface area contributed by atoms with Crippen molar-refractivity contribution in [3.63, 3.8) is 0 Å². The maximum Gasteiger partial charge on any atom is 0.191 e. The fourth-order valence-corrected chi connectivity index (χ4v) is 1.67. The van der Waals surface area contributed by atoms with E-state index in [2.05, 4.69) is 0 Å². The lowest BCUT2D eigenvalue weighted by Gasteiger charge is -2.11. The van der Waals surface area contributed by atoms with Gasteiger partial charge < -0.3 is 10.0 Å². The Labute approximate surface area is 102 Å². The summed E-state index contributed by atoms with van der Waals surface area (Å²) < 4.78 is 0. The van der Waals surface area contributed by atoms with Gasteiger partial charge in [-0.3, -0.25) is 4.79 Å². The number of phenolic OH excluding ortho intramolecular Hbond substituents is 1. The Morgan fingerprint density at radius 2 is 1.82 bits per heavy atom. The van der Waals surface area contributed by atoms with Crippen LogP contribution in [0, 0.1) is 20.8 Å². The molecule has 0 atom stereocenters. The van der Waals surface area contributed by atoms with Crippen LogP contribution in [0.2, 0.25) is 0 Å². The Kier molecular flexibility index (Phi) is 3.94. The highest BCUT2D eigenvalue weighted by Gasteiger charge is 2.15. The topological polar surface area (TPSA) is 40.5 Å². The van der Waals surface area contributed by atoms with Gasteiger partial charge in [0.15, 0.2) is 5.78 Å². The molecule has 17 heavy (non-hydrogen) atoms. The van der Waals surface area contributed by atoms with Gasteiger partial charge in [-0.1, -0.05) is 0 Å². The first-order valence-electron chi connectivity index (χ1n) is 5.53. The van der Waals surface area contributed by atoms with Crippen molar-refractivity contribution >= 4 is 5.78 Å². The zero-order valence-corrected chi connectivity index (χ0v) is 11.0. The van der Waals surface area contributed by atoms with E-state index in [9.17, 15) is 9.90 Å². The number of aryl methyl sites for hydroxylation is 1. The molecular weight excluding hydrogens is 214 g/mol. The average molecular weight is 233 g/mol. The number of allylic oxidation sites excluding steroid dienone is 1. The Morgan fingerprint density at radius 1 is 1.24 bits per heavy atom. The number of phenols is 1. The predicted molar refractivity (Wildman–Crippen MR) is 69.5 cm³/mol. The van der Waals surface area contributed by atoms with Crippen molar-refractivity contribution < 1.29 is 9.90 Å². The van der Waals surface area contributed by atoms with Crippen LogP contribution in [-0.4, -0.2) is 29.9 Å². The summed E-state index contributed by atoms with van der Waals surface area (Å²) in [6.07, 6.45) is 3.15. The van der Waals surface area contributed by atoms with Crippen LogP contribution in [0.3, 0.4) is 0 Å². The Bertz CT molecular complexity index is 474. The second-order valence-electron chi connectivity index (χ2n) is 4.48. The first-order valence-corrected chi connectivity index (χ1v) is 5.53. The molecule has 0 saturated carbocycles. The van der Waals surface area contributed by atoms with Gasteiger partial charge in [0.1, 0.15) is 5.75 Å². The highest BCUT2D eigenvalue weighted by Crippen LogP contribution is 2.27. The third-order valence-electron chi connectivity index (χ3n) is 2.91. The van der Waals surface area contributed by atoms with Gasteiger partial charge in [-0.25, -0.2) is 0 Å². The number of aromatic hydroxyl groups is 1. The second-order valence-corrected chi connectivity index (χ2v) is 4.48. The van der Waals surface area contributed by atoms with E-state index in [4.69, 9.17) is 0 Å². The second kappa shape index (κ2) is 5.04. The summed E-state index contributed by atoms with van der Waals surface area (Å²) in [6, 6.07) is 1.64. The van der Waals surface area contributed by atoms with E-state index in [0.717, 1.165) is 16.7 Å². The first kappa shape index (κ1) is 13.3.